The molecule has 0 aromatic heterocycles. The van der Waals surface area contributed by atoms with Crippen LogP contribution in [-0.4, -0.2) is 92.5 Å². The van der Waals surface area contributed by atoms with E-state index in [1.54, 1.807) is 26.0 Å². The summed E-state index contributed by atoms with van der Waals surface area (Å²) in [4.78, 5) is 11.3. The lowest BCUT2D eigenvalue weighted by atomic mass is 9.59. The van der Waals surface area contributed by atoms with Gasteiger partial charge in [0.15, 0.2) is 12.1 Å². The Morgan fingerprint density at radius 3 is 2.39 bits per heavy atom. The first kappa shape index (κ1) is 24.5. The predicted octanol–water partition coefficient (Wildman–Crippen LogP) is -0.417. The Bertz CT molecular complexity index is 727. The second kappa shape index (κ2) is 8.64. The Balaban J connectivity index is 1.78. The van der Waals surface area contributed by atoms with Crippen molar-refractivity contribution in [3.63, 3.8) is 0 Å². The lowest BCUT2D eigenvalue weighted by Crippen LogP contribution is -2.63. The van der Waals surface area contributed by atoms with Gasteiger partial charge in [0.05, 0.1) is 19.3 Å². The molecule has 2 aliphatic heterocycles. The summed E-state index contributed by atoms with van der Waals surface area (Å²) < 4.78 is 17.4. The number of hydrogen-bond donors (Lipinski definition) is 5. The van der Waals surface area contributed by atoms with E-state index in [0.717, 1.165) is 0 Å². The molecule has 3 aliphatic rings. The molecule has 0 aromatic carbocycles. The Kier molecular flexibility index (Phi) is 6.82. The molecule has 0 aromatic rings. The average Bonchev–Trinajstić information content (AvgIpc) is 2.79. The van der Waals surface area contributed by atoms with Crippen LogP contribution in [0.3, 0.4) is 0 Å². The summed E-state index contributed by atoms with van der Waals surface area (Å²) in [5.74, 6) is -0.0811. The van der Waals surface area contributed by atoms with Gasteiger partial charge in [-0.3, -0.25) is 4.79 Å². The quantitative estimate of drug-likeness (QED) is 0.273. The molecule has 5 N–H and O–H groups in total. The van der Waals surface area contributed by atoms with Gasteiger partial charge in [-0.15, -0.1) is 0 Å². The summed E-state index contributed by atoms with van der Waals surface area (Å²) in [7, 11) is 0. The molecule has 2 saturated heterocycles. The van der Waals surface area contributed by atoms with Crippen molar-refractivity contribution in [1.82, 2.24) is 0 Å². The molecule has 176 valence electrons. The number of carbonyl (C=O) groups excluding carboxylic acids is 1. The number of ketones is 1. The van der Waals surface area contributed by atoms with E-state index in [9.17, 15) is 30.3 Å². The van der Waals surface area contributed by atoms with Crippen LogP contribution in [0, 0.1) is 5.41 Å². The third-order valence-corrected chi connectivity index (χ3v) is 6.92. The van der Waals surface area contributed by atoms with E-state index in [2.05, 4.69) is 0 Å². The number of rotatable bonds is 6. The fourth-order valence-corrected chi connectivity index (χ4v) is 5.08. The highest BCUT2D eigenvalue weighted by Gasteiger charge is 2.67. The predicted molar refractivity (Wildman–Crippen MR) is 109 cm³/mol. The van der Waals surface area contributed by atoms with E-state index in [1.807, 2.05) is 6.92 Å². The highest BCUT2D eigenvalue weighted by molar-refractivity contribution is 5.88. The zero-order valence-electron chi connectivity index (χ0n) is 18.4. The van der Waals surface area contributed by atoms with E-state index >= 15 is 0 Å². The van der Waals surface area contributed by atoms with E-state index < -0.39 is 60.0 Å². The van der Waals surface area contributed by atoms with Crippen LogP contribution in [0.5, 0.6) is 0 Å². The van der Waals surface area contributed by atoms with Gasteiger partial charge in [0, 0.05) is 11.8 Å². The third kappa shape index (κ3) is 4.26. The van der Waals surface area contributed by atoms with E-state index in [0.29, 0.717) is 12.0 Å². The smallest absolute Gasteiger partial charge is 0.186 e. The van der Waals surface area contributed by atoms with Crippen molar-refractivity contribution in [2.24, 2.45) is 5.41 Å². The maximum absolute atomic E-state index is 11.6. The lowest BCUT2D eigenvalue weighted by molar-refractivity contribution is -0.319. The number of aliphatic hydroxyl groups excluding tert-OH is 4. The Hall–Kier alpha value is -1.17. The van der Waals surface area contributed by atoms with Gasteiger partial charge in [0.25, 0.3) is 0 Å². The summed E-state index contributed by atoms with van der Waals surface area (Å²) in [6, 6.07) is 0. The van der Waals surface area contributed by atoms with Crippen molar-refractivity contribution >= 4 is 5.78 Å². The third-order valence-electron chi connectivity index (χ3n) is 6.92. The first-order valence-corrected chi connectivity index (χ1v) is 10.6. The van der Waals surface area contributed by atoms with Crippen molar-refractivity contribution in [1.29, 1.82) is 0 Å². The van der Waals surface area contributed by atoms with Gasteiger partial charge in [-0.05, 0) is 44.9 Å². The van der Waals surface area contributed by atoms with Crippen LogP contribution in [0.2, 0.25) is 0 Å². The maximum Gasteiger partial charge on any atom is 0.186 e. The van der Waals surface area contributed by atoms with Gasteiger partial charge in [-0.1, -0.05) is 13.0 Å². The van der Waals surface area contributed by atoms with Gasteiger partial charge in [0.2, 0.25) is 0 Å². The molecule has 0 radical (unpaired) electrons. The fraction of sp³-hybridized carbons (Fsp3) is 0.773. The second-order valence-corrected chi connectivity index (χ2v) is 9.54. The van der Waals surface area contributed by atoms with Crippen LogP contribution < -0.4 is 0 Å². The molecule has 9 atom stereocenters. The van der Waals surface area contributed by atoms with Crippen molar-refractivity contribution in [3.05, 3.63) is 23.8 Å². The Labute approximate surface area is 181 Å². The number of fused-ring (bicyclic) bond motifs is 2. The molecule has 1 saturated carbocycles. The molecule has 2 heterocycles. The monoisotopic (exact) mass is 442 g/mol. The maximum atomic E-state index is 11.6. The number of carbonyl (C=O) groups is 1. The molecule has 31 heavy (non-hydrogen) atoms. The van der Waals surface area contributed by atoms with Gasteiger partial charge in [-0.2, -0.15) is 0 Å². The van der Waals surface area contributed by atoms with Crippen molar-refractivity contribution in [2.75, 3.05) is 13.2 Å². The van der Waals surface area contributed by atoms with Gasteiger partial charge in [0.1, 0.15) is 35.6 Å². The SMILES string of the molecule is CC(=O)/C=C(C)\C=C\[C@]1(O)[C@]2(C)CO[C@@]1(C)C[C@@H](OC1OC(CO)C(O)C(O)C1O)C2. The Morgan fingerprint density at radius 2 is 1.81 bits per heavy atom. The molecule has 1 aliphatic carbocycles. The normalized spacial score (nSPS) is 48.4. The fourth-order valence-electron chi connectivity index (χ4n) is 5.08. The van der Waals surface area contributed by atoms with Crippen molar-refractivity contribution in [3.8, 4) is 0 Å². The molecule has 9 heteroatoms. The first-order chi connectivity index (χ1) is 14.4. The zero-order valence-corrected chi connectivity index (χ0v) is 18.4. The van der Waals surface area contributed by atoms with Crippen LogP contribution in [-0.2, 0) is 19.0 Å². The largest absolute Gasteiger partial charge is 0.394 e. The van der Waals surface area contributed by atoms with E-state index in [4.69, 9.17) is 14.2 Å². The van der Waals surface area contributed by atoms with Gasteiger partial charge >= 0.3 is 0 Å². The molecular formula is C22H34O9. The average molecular weight is 443 g/mol. The summed E-state index contributed by atoms with van der Waals surface area (Å²) in [5.41, 5.74) is -2.31. The van der Waals surface area contributed by atoms with Crippen LogP contribution in [0.25, 0.3) is 0 Å². The van der Waals surface area contributed by atoms with E-state index in [1.165, 1.54) is 13.0 Å². The molecule has 3 fully saturated rings. The summed E-state index contributed by atoms with van der Waals surface area (Å²) in [6.07, 6.45) is -1.68. The molecule has 0 amide bonds. The highest BCUT2D eigenvalue weighted by Crippen LogP contribution is 2.58. The highest BCUT2D eigenvalue weighted by atomic mass is 16.7. The lowest BCUT2D eigenvalue weighted by Gasteiger charge is -2.51. The van der Waals surface area contributed by atoms with Gasteiger partial charge in [-0.25, -0.2) is 0 Å². The minimum atomic E-state index is -1.52. The zero-order chi connectivity index (χ0) is 23.2. The van der Waals surface area contributed by atoms with Crippen molar-refractivity contribution in [2.45, 2.75) is 88.5 Å². The molecule has 0 spiro atoms. The van der Waals surface area contributed by atoms with Crippen LogP contribution in [0.1, 0.15) is 40.5 Å². The number of allylic oxidation sites excluding steroid dienone is 3. The molecule has 9 nitrogen and oxygen atoms in total. The standard InChI is InChI=1S/C22H34O9/c1-12(7-13(2)24)5-6-22(28)20(3)8-14(9-21(22,4)29-11-20)30-19-18(27)17(26)16(25)15(10-23)31-19/h5-7,14-19,23,25-28H,8-11H2,1-4H3/b6-5+,12-7-/t14-,15?,16?,17?,18?,19?,20-,21-,22-/m0/s1. The molecule has 5 unspecified atom stereocenters. The first-order valence-electron chi connectivity index (χ1n) is 10.6. The number of aliphatic hydroxyl groups is 5. The van der Waals surface area contributed by atoms with Gasteiger partial charge < -0.3 is 39.7 Å². The van der Waals surface area contributed by atoms with Crippen LogP contribution in [0.15, 0.2) is 23.8 Å². The molecular weight excluding hydrogens is 408 g/mol. The topological polar surface area (TPSA) is 146 Å². The summed E-state index contributed by atoms with van der Waals surface area (Å²) in [5, 5.41) is 51.2. The second-order valence-electron chi connectivity index (χ2n) is 9.54. The minimum absolute atomic E-state index is 0.0811. The Morgan fingerprint density at radius 1 is 1.13 bits per heavy atom. The molecule has 2 bridgehead atoms. The van der Waals surface area contributed by atoms with Crippen LogP contribution in [0.4, 0.5) is 0 Å². The van der Waals surface area contributed by atoms with E-state index in [-0.39, 0.29) is 18.8 Å². The van der Waals surface area contributed by atoms with Crippen molar-refractivity contribution < 1.29 is 44.5 Å². The summed E-state index contributed by atoms with van der Waals surface area (Å²) in [6.45, 7) is 6.66. The molecule has 3 rings (SSSR count). The van der Waals surface area contributed by atoms with Crippen LogP contribution >= 0.6 is 0 Å². The minimum Gasteiger partial charge on any atom is -0.394 e. The number of hydrogen-bond acceptors (Lipinski definition) is 9. The number of ether oxygens (including phenoxy) is 3. The summed E-state index contributed by atoms with van der Waals surface area (Å²) >= 11 is 0.